The summed E-state index contributed by atoms with van der Waals surface area (Å²) in [6.07, 6.45) is -0.765. The lowest BCUT2D eigenvalue weighted by molar-refractivity contribution is 0.0601. The maximum Gasteiger partial charge on any atom is 0.337 e. The van der Waals surface area contributed by atoms with Gasteiger partial charge in [0.25, 0.3) is 5.56 Å². The number of esters is 1. The number of ether oxygens (including phenoxy) is 1. The zero-order valence-corrected chi connectivity index (χ0v) is 16.2. The first kappa shape index (κ1) is 20.0. The molecule has 3 rings (SSSR count). The first-order valence-electron chi connectivity index (χ1n) is 8.58. The Hall–Kier alpha value is -2.71. The molecule has 0 amide bonds. The Morgan fingerprint density at radius 2 is 2.07 bits per heavy atom. The standard InChI is InChI=1S/C20H19FN2O4S/c1-12(24)10-23-18(25)15-8-7-13(19(26)27-2)9-17(15)22-20(23)28-11-14-5-3-4-6-16(14)21/h3-9,12,24H,10-11H2,1-2H3/t12-/m0/s1. The molecular formula is C20H19FN2O4S. The summed E-state index contributed by atoms with van der Waals surface area (Å²) in [5, 5.41) is 10.4. The molecule has 8 heteroatoms. The Morgan fingerprint density at radius 1 is 1.32 bits per heavy atom. The number of aliphatic hydroxyl groups is 1. The largest absolute Gasteiger partial charge is 0.465 e. The van der Waals surface area contributed by atoms with Gasteiger partial charge >= 0.3 is 5.97 Å². The van der Waals surface area contributed by atoms with Gasteiger partial charge in [0.2, 0.25) is 0 Å². The van der Waals surface area contributed by atoms with Crippen LogP contribution in [-0.2, 0) is 17.0 Å². The van der Waals surface area contributed by atoms with Gasteiger partial charge in [0.1, 0.15) is 5.82 Å². The summed E-state index contributed by atoms with van der Waals surface area (Å²) in [7, 11) is 1.27. The van der Waals surface area contributed by atoms with E-state index in [1.165, 1.54) is 47.7 Å². The topological polar surface area (TPSA) is 81.4 Å². The van der Waals surface area contributed by atoms with Crippen LogP contribution in [0.4, 0.5) is 4.39 Å². The smallest absolute Gasteiger partial charge is 0.337 e. The van der Waals surface area contributed by atoms with Gasteiger partial charge in [0.15, 0.2) is 5.16 Å². The van der Waals surface area contributed by atoms with Crippen molar-refractivity contribution >= 4 is 28.6 Å². The zero-order chi connectivity index (χ0) is 20.3. The van der Waals surface area contributed by atoms with E-state index >= 15 is 0 Å². The molecule has 0 aliphatic carbocycles. The van der Waals surface area contributed by atoms with Crippen molar-refractivity contribution in [3.05, 3.63) is 69.8 Å². The molecule has 0 aliphatic heterocycles. The minimum absolute atomic E-state index is 0.0557. The van der Waals surface area contributed by atoms with E-state index in [4.69, 9.17) is 4.74 Å². The van der Waals surface area contributed by atoms with Crippen LogP contribution in [0.3, 0.4) is 0 Å². The summed E-state index contributed by atoms with van der Waals surface area (Å²) in [5.74, 6) is -0.605. The number of thioether (sulfide) groups is 1. The number of methoxy groups -OCH3 is 1. The highest BCUT2D eigenvalue weighted by Gasteiger charge is 2.16. The molecule has 1 atom stereocenters. The zero-order valence-electron chi connectivity index (χ0n) is 15.4. The summed E-state index contributed by atoms with van der Waals surface area (Å²) in [6.45, 7) is 1.63. The van der Waals surface area contributed by atoms with Crippen molar-refractivity contribution in [2.45, 2.75) is 30.5 Å². The molecule has 6 nitrogen and oxygen atoms in total. The van der Waals surface area contributed by atoms with Gasteiger partial charge in [-0.2, -0.15) is 0 Å². The maximum atomic E-state index is 13.9. The molecule has 2 aromatic carbocycles. The molecular weight excluding hydrogens is 383 g/mol. The molecule has 0 unspecified atom stereocenters. The first-order chi connectivity index (χ1) is 13.4. The molecule has 0 spiro atoms. The minimum Gasteiger partial charge on any atom is -0.465 e. The Balaban J connectivity index is 2.07. The summed E-state index contributed by atoms with van der Waals surface area (Å²) in [5.41, 5.74) is 0.762. The molecule has 1 heterocycles. The van der Waals surface area contributed by atoms with E-state index in [0.29, 0.717) is 21.6 Å². The minimum atomic E-state index is -0.765. The highest BCUT2D eigenvalue weighted by atomic mass is 32.2. The SMILES string of the molecule is COC(=O)c1ccc2c(=O)n(C[C@H](C)O)c(SCc3ccccc3F)nc2c1. The molecule has 3 aromatic rings. The number of hydrogen-bond acceptors (Lipinski definition) is 6. The Bertz CT molecular complexity index is 1080. The van der Waals surface area contributed by atoms with Crippen molar-refractivity contribution in [1.82, 2.24) is 9.55 Å². The number of nitrogens with zero attached hydrogens (tertiary/aromatic N) is 2. The molecule has 1 aromatic heterocycles. The van der Waals surface area contributed by atoms with Crippen LogP contribution in [0.25, 0.3) is 10.9 Å². The Kier molecular flexibility index (Phi) is 6.11. The van der Waals surface area contributed by atoms with Crippen LogP contribution < -0.4 is 5.56 Å². The Labute approximate surface area is 165 Å². The Morgan fingerprint density at radius 3 is 2.75 bits per heavy atom. The summed E-state index contributed by atoms with van der Waals surface area (Å²) in [4.78, 5) is 29.2. The van der Waals surface area contributed by atoms with E-state index in [9.17, 15) is 19.1 Å². The van der Waals surface area contributed by atoms with E-state index < -0.39 is 12.1 Å². The first-order valence-corrected chi connectivity index (χ1v) is 9.56. The second-order valence-electron chi connectivity index (χ2n) is 6.26. The number of hydrogen-bond donors (Lipinski definition) is 1. The van der Waals surface area contributed by atoms with Crippen LogP contribution >= 0.6 is 11.8 Å². The normalized spacial score (nSPS) is 12.1. The van der Waals surface area contributed by atoms with E-state index in [-0.39, 0.29) is 29.2 Å². The number of carbonyl (C=O) groups is 1. The van der Waals surface area contributed by atoms with Crippen LogP contribution in [0, 0.1) is 5.82 Å². The molecule has 28 heavy (non-hydrogen) atoms. The second kappa shape index (κ2) is 8.53. The van der Waals surface area contributed by atoms with Crippen molar-refractivity contribution in [3.63, 3.8) is 0 Å². The fourth-order valence-corrected chi connectivity index (χ4v) is 3.73. The van der Waals surface area contributed by atoms with Gasteiger partial charge in [-0.1, -0.05) is 30.0 Å². The van der Waals surface area contributed by atoms with E-state index in [0.717, 1.165) is 0 Å². The van der Waals surface area contributed by atoms with Gasteiger partial charge in [-0.3, -0.25) is 9.36 Å². The third kappa shape index (κ3) is 4.23. The van der Waals surface area contributed by atoms with Crippen LogP contribution in [0.2, 0.25) is 0 Å². The van der Waals surface area contributed by atoms with Gasteiger partial charge in [0, 0.05) is 5.75 Å². The fourth-order valence-electron chi connectivity index (χ4n) is 2.74. The van der Waals surface area contributed by atoms with Crippen molar-refractivity contribution in [3.8, 4) is 0 Å². The molecule has 0 radical (unpaired) electrons. The van der Waals surface area contributed by atoms with Crippen molar-refractivity contribution in [2.75, 3.05) is 7.11 Å². The number of aromatic nitrogens is 2. The monoisotopic (exact) mass is 402 g/mol. The second-order valence-corrected chi connectivity index (χ2v) is 7.21. The highest BCUT2D eigenvalue weighted by molar-refractivity contribution is 7.98. The van der Waals surface area contributed by atoms with Gasteiger partial charge in [-0.15, -0.1) is 0 Å². The number of rotatable bonds is 6. The average molecular weight is 402 g/mol. The average Bonchev–Trinajstić information content (AvgIpc) is 2.68. The van der Waals surface area contributed by atoms with Gasteiger partial charge in [-0.25, -0.2) is 14.2 Å². The van der Waals surface area contributed by atoms with Crippen LogP contribution in [0.5, 0.6) is 0 Å². The van der Waals surface area contributed by atoms with Gasteiger partial charge < -0.3 is 9.84 Å². The molecule has 0 saturated heterocycles. The lowest BCUT2D eigenvalue weighted by Crippen LogP contribution is -2.28. The van der Waals surface area contributed by atoms with E-state index in [1.807, 2.05) is 0 Å². The molecule has 0 fully saturated rings. The van der Waals surface area contributed by atoms with Crippen molar-refractivity contribution in [2.24, 2.45) is 0 Å². The van der Waals surface area contributed by atoms with E-state index in [2.05, 4.69) is 4.98 Å². The summed E-state index contributed by atoms with van der Waals surface area (Å²) >= 11 is 1.19. The summed E-state index contributed by atoms with van der Waals surface area (Å²) < 4.78 is 20.0. The number of carbonyl (C=O) groups excluding carboxylic acids is 1. The van der Waals surface area contributed by atoms with E-state index in [1.54, 1.807) is 25.1 Å². The maximum absolute atomic E-state index is 13.9. The molecule has 146 valence electrons. The van der Waals surface area contributed by atoms with Crippen LogP contribution in [-0.4, -0.2) is 33.8 Å². The van der Waals surface area contributed by atoms with Gasteiger partial charge in [0.05, 0.1) is 36.2 Å². The highest BCUT2D eigenvalue weighted by Crippen LogP contribution is 2.24. The number of halogens is 1. The fraction of sp³-hybridized carbons (Fsp3) is 0.250. The molecule has 1 N–H and O–H groups in total. The predicted molar refractivity (Wildman–Crippen MR) is 105 cm³/mol. The lowest BCUT2D eigenvalue weighted by atomic mass is 10.1. The predicted octanol–water partition coefficient (Wildman–Crippen LogP) is 3.00. The summed E-state index contributed by atoms with van der Waals surface area (Å²) in [6, 6.07) is 10.9. The van der Waals surface area contributed by atoms with Crippen molar-refractivity contribution < 1.29 is 19.0 Å². The van der Waals surface area contributed by atoms with Crippen molar-refractivity contribution in [1.29, 1.82) is 0 Å². The van der Waals surface area contributed by atoms with Gasteiger partial charge in [-0.05, 0) is 36.8 Å². The third-order valence-corrected chi connectivity index (χ3v) is 5.13. The molecule has 0 aliphatic rings. The number of fused-ring (bicyclic) bond motifs is 1. The number of aliphatic hydroxyl groups excluding tert-OH is 1. The number of benzene rings is 2. The molecule has 0 saturated carbocycles. The van der Waals surface area contributed by atoms with Crippen LogP contribution in [0.15, 0.2) is 52.4 Å². The molecule has 0 bridgehead atoms. The quantitative estimate of drug-likeness (QED) is 0.388. The lowest BCUT2D eigenvalue weighted by Gasteiger charge is -2.15. The van der Waals surface area contributed by atoms with Crippen LogP contribution in [0.1, 0.15) is 22.8 Å². The third-order valence-electron chi connectivity index (χ3n) is 4.10.